The molecule has 0 aliphatic rings. The van der Waals surface area contributed by atoms with Gasteiger partial charge in [0.2, 0.25) is 5.91 Å². The number of nitrogens with one attached hydrogen (secondary N) is 1. The number of methoxy groups -OCH3 is 1. The Balaban J connectivity index is 1.92. The maximum absolute atomic E-state index is 12.1. The predicted molar refractivity (Wildman–Crippen MR) is 110 cm³/mol. The molecule has 7 nitrogen and oxygen atoms in total. The Bertz CT molecular complexity index is 802. The van der Waals surface area contributed by atoms with Crippen LogP contribution in [-0.4, -0.2) is 49.7 Å². The van der Waals surface area contributed by atoms with Crippen LogP contribution in [0.25, 0.3) is 0 Å². The Hall–Kier alpha value is -2.87. The maximum Gasteiger partial charge on any atom is 0.260 e. The summed E-state index contributed by atoms with van der Waals surface area (Å²) < 4.78 is 10.9. The number of carbonyl (C=O) groups excluding carboxylic acids is 2. The molecule has 0 atom stereocenters. The van der Waals surface area contributed by atoms with E-state index in [0.29, 0.717) is 31.0 Å². The van der Waals surface area contributed by atoms with E-state index < -0.39 is 0 Å². The molecule has 0 saturated heterocycles. The lowest BCUT2D eigenvalue weighted by molar-refractivity contribution is -0.133. The van der Waals surface area contributed by atoms with E-state index in [9.17, 15) is 9.59 Å². The smallest absolute Gasteiger partial charge is 0.260 e. The number of amides is 2. The van der Waals surface area contributed by atoms with E-state index in [1.165, 1.54) is 24.7 Å². The second-order valence-corrected chi connectivity index (χ2v) is 6.85. The van der Waals surface area contributed by atoms with Gasteiger partial charge in [0.1, 0.15) is 0 Å². The summed E-state index contributed by atoms with van der Waals surface area (Å²) in [6.45, 7) is 5.09. The van der Waals surface area contributed by atoms with Crippen LogP contribution in [0.3, 0.4) is 0 Å². The first kappa shape index (κ1) is 21.4. The molecular weight excluding hydrogens is 378 g/mol. The minimum atomic E-state index is -0.180. The number of carbonyl (C=O) groups is 2. The molecule has 0 aliphatic carbocycles. The Morgan fingerprint density at radius 1 is 1.21 bits per heavy atom. The van der Waals surface area contributed by atoms with Crippen molar-refractivity contribution in [1.29, 1.82) is 0 Å². The van der Waals surface area contributed by atoms with E-state index in [-0.39, 0.29) is 18.4 Å². The van der Waals surface area contributed by atoms with Gasteiger partial charge in [-0.1, -0.05) is 6.07 Å². The predicted octanol–water partition coefficient (Wildman–Crippen LogP) is 2.70. The quantitative estimate of drug-likeness (QED) is 0.489. The summed E-state index contributed by atoms with van der Waals surface area (Å²) in [7, 11) is 1.53. The molecule has 0 spiro atoms. The van der Waals surface area contributed by atoms with Crippen molar-refractivity contribution in [3.63, 3.8) is 0 Å². The standard InChI is InChI=1S/C20H25N3O4S/c1-4-23(5-2)20(25)14-27-17-9-8-15(11-18(17)26-3)13-21-22-19(24)12-16-7-6-10-28-16/h6-11,13H,4-5,12,14H2,1-3H3,(H,22,24)/b21-13-. The lowest BCUT2D eigenvalue weighted by Gasteiger charge is -2.19. The van der Waals surface area contributed by atoms with E-state index in [4.69, 9.17) is 9.47 Å². The molecule has 0 aliphatic heterocycles. The molecule has 2 amide bonds. The van der Waals surface area contributed by atoms with Gasteiger partial charge in [-0.2, -0.15) is 5.10 Å². The van der Waals surface area contributed by atoms with Gasteiger partial charge in [0, 0.05) is 18.0 Å². The zero-order valence-corrected chi connectivity index (χ0v) is 17.1. The van der Waals surface area contributed by atoms with Gasteiger partial charge < -0.3 is 14.4 Å². The summed E-state index contributed by atoms with van der Waals surface area (Å²) in [6, 6.07) is 9.02. The molecule has 28 heavy (non-hydrogen) atoms. The van der Waals surface area contributed by atoms with Gasteiger partial charge in [-0.3, -0.25) is 9.59 Å². The Morgan fingerprint density at radius 3 is 2.64 bits per heavy atom. The van der Waals surface area contributed by atoms with Crippen molar-refractivity contribution >= 4 is 29.4 Å². The van der Waals surface area contributed by atoms with Gasteiger partial charge in [0.25, 0.3) is 5.91 Å². The van der Waals surface area contributed by atoms with Crippen LogP contribution in [0, 0.1) is 0 Å². The fourth-order valence-electron chi connectivity index (χ4n) is 2.48. The summed E-state index contributed by atoms with van der Waals surface area (Å²) in [4.78, 5) is 26.6. The Labute approximate surface area is 169 Å². The molecule has 0 unspecified atom stereocenters. The van der Waals surface area contributed by atoms with Crippen LogP contribution < -0.4 is 14.9 Å². The van der Waals surface area contributed by atoms with Crippen molar-refractivity contribution in [1.82, 2.24) is 10.3 Å². The fraction of sp³-hybridized carbons (Fsp3) is 0.350. The number of benzene rings is 1. The highest BCUT2D eigenvalue weighted by atomic mass is 32.1. The number of thiophene rings is 1. The molecule has 0 fully saturated rings. The molecule has 8 heteroatoms. The molecule has 150 valence electrons. The van der Waals surface area contributed by atoms with Crippen molar-refractivity contribution in [2.45, 2.75) is 20.3 Å². The molecular formula is C20H25N3O4S. The molecule has 1 heterocycles. The first-order valence-corrected chi connectivity index (χ1v) is 9.88. The summed E-state index contributed by atoms with van der Waals surface area (Å²) in [5.74, 6) is 0.703. The first-order valence-electron chi connectivity index (χ1n) is 9.00. The molecule has 2 aromatic rings. The summed E-state index contributed by atoms with van der Waals surface area (Å²) >= 11 is 1.53. The molecule has 2 rings (SSSR count). The minimum absolute atomic E-state index is 0.0513. The van der Waals surface area contributed by atoms with Crippen molar-refractivity contribution in [2.75, 3.05) is 26.8 Å². The number of likely N-dealkylation sites (N-methyl/N-ethyl adjacent to an activating group) is 1. The summed E-state index contributed by atoms with van der Waals surface area (Å²) in [5.41, 5.74) is 3.23. The average molecular weight is 404 g/mol. The third-order valence-corrected chi connectivity index (χ3v) is 4.85. The molecule has 0 bridgehead atoms. The van der Waals surface area contributed by atoms with Gasteiger partial charge in [0.15, 0.2) is 18.1 Å². The van der Waals surface area contributed by atoms with Crippen LogP contribution in [0.2, 0.25) is 0 Å². The van der Waals surface area contributed by atoms with Gasteiger partial charge in [-0.05, 0) is 49.1 Å². The van der Waals surface area contributed by atoms with E-state index in [2.05, 4.69) is 10.5 Å². The SMILES string of the molecule is CCN(CC)C(=O)COc1ccc(/C=N\NC(=O)Cc2cccs2)cc1OC. The fourth-order valence-corrected chi connectivity index (χ4v) is 3.18. The molecule has 1 aromatic heterocycles. The largest absolute Gasteiger partial charge is 0.493 e. The van der Waals surface area contributed by atoms with Gasteiger partial charge in [-0.25, -0.2) is 5.43 Å². The van der Waals surface area contributed by atoms with Crippen LogP contribution in [0.5, 0.6) is 11.5 Å². The van der Waals surface area contributed by atoms with Crippen molar-refractivity contribution in [2.24, 2.45) is 5.10 Å². The number of hydrazone groups is 1. The third-order valence-electron chi connectivity index (χ3n) is 3.97. The molecule has 1 N–H and O–H groups in total. The topological polar surface area (TPSA) is 80.2 Å². The van der Waals surface area contributed by atoms with Crippen LogP contribution in [0.15, 0.2) is 40.8 Å². The van der Waals surface area contributed by atoms with E-state index in [1.54, 1.807) is 23.1 Å². The summed E-state index contributed by atoms with van der Waals surface area (Å²) in [5, 5.41) is 5.90. The van der Waals surface area contributed by atoms with E-state index in [0.717, 1.165) is 10.4 Å². The number of hydrogen-bond donors (Lipinski definition) is 1. The van der Waals surface area contributed by atoms with Crippen molar-refractivity contribution in [3.8, 4) is 11.5 Å². The molecule has 0 radical (unpaired) electrons. The number of nitrogens with zero attached hydrogens (tertiary/aromatic N) is 2. The van der Waals surface area contributed by atoms with Gasteiger partial charge >= 0.3 is 0 Å². The highest BCUT2D eigenvalue weighted by Gasteiger charge is 2.12. The molecule has 0 saturated carbocycles. The number of hydrogen-bond acceptors (Lipinski definition) is 6. The normalized spacial score (nSPS) is 10.7. The third kappa shape index (κ3) is 6.38. The van der Waals surface area contributed by atoms with Crippen LogP contribution >= 0.6 is 11.3 Å². The Kier molecular flexibility index (Phi) is 8.48. The lowest BCUT2D eigenvalue weighted by atomic mass is 10.2. The number of rotatable bonds is 10. The zero-order chi connectivity index (χ0) is 20.4. The van der Waals surface area contributed by atoms with Crippen LogP contribution in [-0.2, 0) is 16.0 Å². The first-order chi connectivity index (χ1) is 13.6. The highest BCUT2D eigenvalue weighted by molar-refractivity contribution is 7.10. The zero-order valence-electron chi connectivity index (χ0n) is 16.3. The van der Waals surface area contributed by atoms with E-state index in [1.807, 2.05) is 31.4 Å². The monoisotopic (exact) mass is 403 g/mol. The Morgan fingerprint density at radius 2 is 2.00 bits per heavy atom. The average Bonchev–Trinajstić information content (AvgIpc) is 3.20. The molecule has 1 aromatic carbocycles. The van der Waals surface area contributed by atoms with Gasteiger partial charge in [0.05, 0.1) is 19.7 Å². The minimum Gasteiger partial charge on any atom is -0.493 e. The van der Waals surface area contributed by atoms with E-state index >= 15 is 0 Å². The second kappa shape index (κ2) is 11.1. The van der Waals surface area contributed by atoms with Crippen molar-refractivity contribution in [3.05, 3.63) is 46.2 Å². The summed E-state index contributed by atoms with van der Waals surface area (Å²) in [6.07, 6.45) is 1.82. The van der Waals surface area contributed by atoms with Crippen molar-refractivity contribution < 1.29 is 19.1 Å². The van der Waals surface area contributed by atoms with Gasteiger partial charge in [-0.15, -0.1) is 11.3 Å². The van der Waals surface area contributed by atoms with Crippen LogP contribution in [0.4, 0.5) is 0 Å². The van der Waals surface area contributed by atoms with Crippen LogP contribution in [0.1, 0.15) is 24.3 Å². The maximum atomic E-state index is 12.1. The lowest BCUT2D eigenvalue weighted by Crippen LogP contribution is -2.34. The number of ether oxygens (including phenoxy) is 2. The second-order valence-electron chi connectivity index (χ2n) is 5.81. The highest BCUT2D eigenvalue weighted by Crippen LogP contribution is 2.27.